The van der Waals surface area contributed by atoms with Gasteiger partial charge in [-0.2, -0.15) is 0 Å². The fourth-order valence-electron chi connectivity index (χ4n) is 4.24. The van der Waals surface area contributed by atoms with Crippen LogP contribution in [-0.2, 0) is 9.47 Å². The normalized spacial score (nSPS) is 23.9. The molecule has 2 saturated heterocycles. The van der Waals surface area contributed by atoms with Gasteiger partial charge in [0.1, 0.15) is 0 Å². The molecule has 0 bridgehead atoms. The molecule has 0 aliphatic carbocycles. The predicted octanol–water partition coefficient (Wildman–Crippen LogP) is 2.20. The number of carbonyl (C=O) groups excluding carboxylic acids is 1. The van der Waals surface area contributed by atoms with Crippen LogP contribution in [0.5, 0.6) is 0 Å². The van der Waals surface area contributed by atoms with Crippen LogP contribution < -0.4 is 0 Å². The Morgan fingerprint density at radius 2 is 2.12 bits per heavy atom. The smallest absolute Gasteiger partial charge is 0.263 e. The third-order valence-corrected chi connectivity index (χ3v) is 6.50. The Bertz CT molecular complexity index is 526. The molecule has 6 heteroatoms. The second-order valence-corrected chi connectivity index (χ2v) is 7.96. The molecule has 0 saturated carbocycles. The predicted molar refractivity (Wildman–Crippen MR) is 95.6 cm³/mol. The van der Waals surface area contributed by atoms with Gasteiger partial charge in [-0.15, -0.1) is 11.3 Å². The Morgan fingerprint density at radius 1 is 1.33 bits per heavy atom. The maximum atomic E-state index is 12.6. The monoisotopic (exact) mass is 352 g/mol. The standard InChI is InChI=1S/C18H28N2O3S/c1-22-10-9-19-12-15(13-23-2)18(14-19)5-7-20(8-6-18)17(21)16-4-3-11-24-16/h3-4,11,15H,5-10,12-14H2,1-2H3. The number of hydrogen-bond acceptors (Lipinski definition) is 5. The van der Waals surface area contributed by atoms with E-state index in [0.29, 0.717) is 5.92 Å². The van der Waals surface area contributed by atoms with Gasteiger partial charge in [-0.1, -0.05) is 6.07 Å². The summed E-state index contributed by atoms with van der Waals surface area (Å²) in [4.78, 5) is 17.9. The quantitative estimate of drug-likeness (QED) is 0.787. The summed E-state index contributed by atoms with van der Waals surface area (Å²) < 4.78 is 10.7. The summed E-state index contributed by atoms with van der Waals surface area (Å²) in [6.45, 7) is 6.46. The molecule has 0 radical (unpaired) electrons. The zero-order chi connectivity index (χ0) is 17.0. The fourth-order valence-corrected chi connectivity index (χ4v) is 4.93. The van der Waals surface area contributed by atoms with E-state index in [-0.39, 0.29) is 11.3 Å². The van der Waals surface area contributed by atoms with Crippen molar-refractivity contribution in [3.8, 4) is 0 Å². The number of amides is 1. The number of carbonyl (C=O) groups is 1. The highest BCUT2D eigenvalue weighted by Crippen LogP contribution is 2.45. The van der Waals surface area contributed by atoms with Gasteiger partial charge in [-0.25, -0.2) is 0 Å². The highest BCUT2D eigenvalue weighted by Gasteiger charge is 2.48. The zero-order valence-corrected chi connectivity index (χ0v) is 15.5. The molecule has 134 valence electrons. The first-order valence-electron chi connectivity index (χ1n) is 8.71. The number of rotatable bonds is 6. The summed E-state index contributed by atoms with van der Waals surface area (Å²) in [5.41, 5.74) is 0.288. The first-order valence-corrected chi connectivity index (χ1v) is 9.59. The molecule has 2 fully saturated rings. The lowest BCUT2D eigenvalue weighted by atomic mass is 9.71. The Kier molecular flexibility index (Phi) is 5.92. The van der Waals surface area contributed by atoms with Crippen molar-refractivity contribution in [1.29, 1.82) is 0 Å². The Hall–Kier alpha value is -0.950. The minimum absolute atomic E-state index is 0.192. The topological polar surface area (TPSA) is 42.0 Å². The molecule has 1 spiro atoms. The van der Waals surface area contributed by atoms with Crippen molar-refractivity contribution in [2.24, 2.45) is 11.3 Å². The number of thiophene rings is 1. The molecule has 3 rings (SSSR count). The summed E-state index contributed by atoms with van der Waals surface area (Å²) in [5.74, 6) is 0.746. The summed E-state index contributed by atoms with van der Waals surface area (Å²) >= 11 is 1.53. The van der Waals surface area contributed by atoms with Gasteiger partial charge in [-0.3, -0.25) is 4.79 Å². The number of nitrogens with zero attached hydrogens (tertiary/aromatic N) is 2. The van der Waals surface area contributed by atoms with Gasteiger partial charge >= 0.3 is 0 Å². The van der Waals surface area contributed by atoms with E-state index in [2.05, 4.69) is 4.90 Å². The number of methoxy groups -OCH3 is 2. The molecule has 2 aliphatic heterocycles. The molecule has 5 nitrogen and oxygen atoms in total. The van der Waals surface area contributed by atoms with E-state index in [1.54, 1.807) is 14.2 Å². The zero-order valence-electron chi connectivity index (χ0n) is 14.7. The molecule has 24 heavy (non-hydrogen) atoms. The van der Waals surface area contributed by atoms with Crippen molar-refractivity contribution in [2.45, 2.75) is 12.8 Å². The van der Waals surface area contributed by atoms with Crippen molar-refractivity contribution >= 4 is 17.2 Å². The van der Waals surface area contributed by atoms with Gasteiger partial charge in [0.05, 0.1) is 18.1 Å². The fraction of sp³-hybridized carbons (Fsp3) is 0.722. The number of likely N-dealkylation sites (tertiary alicyclic amines) is 2. The van der Waals surface area contributed by atoms with Crippen LogP contribution in [0.3, 0.4) is 0 Å². The molecule has 1 unspecified atom stereocenters. The molecular formula is C18H28N2O3S. The first kappa shape index (κ1) is 17.9. The second kappa shape index (κ2) is 7.95. The Labute approximate surface area is 148 Å². The van der Waals surface area contributed by atoms with E-state index in [1.165, 1.54) is 11.3 Å². The van der Waals surface area contributed by atoms with Crippen molar-refractivity contribution in [3.63, 3.8) is 0 Å². The van der Waals surface area contributed by atoms with Crippen LogP contribution in [0, 0.1) is 11.3 Å². The van der Waals surface area contributed by atoms with Crippen molar-refractivity contribution in [3.05, 3.63) is 22.4 Å². The van der Waals surface area contributed by atoms with Crippen LogP contribution >= 0.6 is 11.3 Å². The largest absolute Gasteiger partial charge is 0.384 e. The lowest BCUT2D eigenvalue weighted by Gasteiger charge is -2.42. The van der Waals surface area contributed by atoms with E-state index in [9.17, 15) is 4.79 Å². The van der Waals surface area contributed by atoms with Gasteiger partial charge < -0.3 is 19.3 Å². The van der Waals surface area contributed by atoms with Gasteiger partial charge in [-0.05, 0) is 29.7 Å². The van der Waals surface area contributed by atoms with Crippen molar-refractivity contribution in [2.75, 3.05) is 60.2 Å². The van der Waals surface area contributed by atoms with E-state index >= 15 is 0 Å². The van der Waals surface area contributed by atoms with E-state index < -0.39 is 0 Å². The van der Waals surface area contributed by atoms with E-state index in [4.69, 9.17) is 9.47 Å². The molecule has 1 amide bonds. The average molecular weight is 353 g/mol. The maximum Gasteiger partial charge on any atom is 0.263 e. The molecule has 0 aromatic carbocycles. The molecule has 1 atom stereocenters. The molecular weight excluding hydrogens is 324 g/mol. The lowest BCUT2D eigenvalue weighted by Crippen LogP contribution is -2.47. The minimum Gasteiger partial charge on any atom is -0.384 e. The van der Waals surface area contributed by atoms with Crippen molar-refractivity contribution in [1.82, 2.24) is 9.80 Å². The number of hydrogen-bond donors (Lipinski definition) is 0. The molecule has 1 aromatic heterocycles. The van der Waals surface area contributed by atoms with Gasteiger partial charge in [0.15, 0.2) is 0 Å². The first-order chi connectivity index (χ1) is 11.7. The summed E-state index contributed by atoms with van der Waals surface area (Å²) in [6, 6.07) is 3.87. The third-order valence-electron chi connectivity index (χ3n) is 5.64. The van der Waals surface area contributed by atoms with Crippen LogP contribution in [0.15, 0.2) is 17.5 Å². The van der Waals surface area contributed by atoms with E-state index in [0.717, 1.165) is 63.7 Å². The SMILES string of the molecule is COCCN1CC(COC)C2(CCN(C(=O)c3cccs3)CC2)C1. The number of ether oxygens (including phenoxy) is 2. The maximum absolute atomic E-state index is 12.6. The molecule has 3 heterocycles. The summed E-state index contributed by atoms with van der Waals surface area (Å²) in [6.07, 6.45) is 2.14. The lowest BCUT2D eigenvalue weighted by molar-refractivity contribution is 0.0323. The highest BCUT2D eigenvalue weighted by atomic mass is 32.1. The van der Waals surface area contributed by atoms with Crippen LogP contribution in [0.2, 0.25) is 0 Å². The van der Waals surface area contributed by atoms with Crippen LogP contribution in [0.25, 0.3) is 0 Å². The Morgan fingerprint density at radius 3 is 2.75 bits per heavy atom. The summed E-state index contributed by atoms with van der Waals surface area (Å²) in [5, 5.41) is 1.97. The molecule has 1 aromatic rings. The van der Waals surface area contributed by atoms with Crippen LogP contribution in [-0.4, -0.2) is 75.9 Å². The van der Waals surface area contributed by atoms with Gasteiger partial charge in [0.25, 0.3) is 5.91 Å². The van der Waals surface area contributed by atoms with Gasteiger partial charge in [0, 0.05) is 52.9 Å². The number of piperidine rings is 1. The minimum atomic E-state index is 0.192. The van der Waals surface area contributed by atoms with Crippen molar-refractivity contribution < 1.29 is 14.3 Å². The third kappa shape index (κ3) is 3.67. The molecule has 2 aliphatic rings. The molecule has 0 N–H and O–H groups in total. The van der Waals surface area contributed by atoms with E-state index in [1.807, 2.05) is 22.4 Å². The van der Waals surface area contributed by atoms with Crippen LogP contribution in [0.1, 0.15) is 22.5 Å². The van der Waals surface area contributed by atoms with Gasteiger partial charge in [0.2, 0.25) is 0 Å². The average Bonchev–Trinajstić information content (AvgIpc) is 3.23. The summed E-state index contributed by atoms with van der Waals surface area (Å²) in [7, 11) is 3.55. The van der Waals surface area contributed by atoms with Crippen LogP contribution in [0.4, 0.5) is 0 Å². The second-order valence-electron chi connectivity index (χ2n) is 7.01. The highest BCUT2D eigenvalue weighted by molar-refractivity contribution is 7.12. The Balaban J connectivity index is 1.62.